The molecule has 122 valence electrons. The quantitative estimate of drug-likeness (QED) is 0.770. The molecule has 2 aromatic rings. The highest BCUT2D eigenvalue weighted by Crippen LogP contribution is 2.38. The maximum absolute atomic E-state index is 12.6. The van der Waals surface area contributed by atoms with Gasteiger partial charge in [0.15, 0.2) is 0 Å². The molecule has 0 amide bonds. The van der Waals surface area contributed by atoms with Crippen molar-refractivity contribution in [2.45, 2.75) is 4.90 Å². The number of hydrogen-bond acceptors (Lipinski definition) is 5. The van der Waals surface area contributed by atoms with Gasteiger partial charge in [-0.25, -0.2) is 0 Å². The molecule has 0 aromatic heterocycles. The summed E-state index contributed by atoms with van der Waals surface area (Å²) in [7, 11) is 2.61. The Balaban J connectivity index is 2.00. The highest BCUT2D eigenvalue weighted by molar-refractivity contribution is 8.04. The Hall–Kier alpha value is -2.24. The van der Waals surface area contributed by atoms with E-state index in [0.717, 1.165) is 27.4 Å². The van der Waals surface area contributed by atoms with E-state index < -0.39 is 11.6 Å². The number of thioether (sulfide) groups is 1. The molecule has 0 unspecified atom stereocenters. The molecule has 3 rings (SSSR count). The molecule has 4 nitrogen and oxygen atoms in total. The van der Waals surface area contributed by atoms with Gasteiger partial charge < -0.3 is 9.47 Å². The van der Waals surface area contributed by atoms with Crippen molar-refractivity contribution in [3.05, 3.63) is 63.9 Å². The lowest BCUT2D eigenvalue weighted by Gasteiger charge is -2.18. The third-order valence-corrected chi connectivity index (χ3v) is 5.13. The summed E-state index contributed by atoms with van der Waals surface area (Å²) < 4.78 is 10.0. The second-order valence-electron chi connectivity index (χ2n) is 4.98. The first kappa shape index (κ1) is 16.6. The molecule has 0 spiro atoms. The van der Waals surface area contributed by atoms with Crippen molar-refractivity contribution < 1.29 is 19.1 Å². The van der Waals surface area contributed by atoms with E-state index in [1.54, 1.807) is 0 Å². The first-order valence-corrected chi connectivity index (χ1v) is 8.24. The Morgan fingerprint density at radius 3 is 2.17 bits per heavy atom. The largest absolute Gasteiger partial charge is 0.489 e. The second-order valence-corrected chi connectivity index (χ2v) is 6.44. The van der Waals surface area contributed by atoms with Crippen molar-refractivity contribution in [3.63, 3.8) is 0 Å². The normalized spacial score (nSPS) is 15.3. The first-order valence-electron chi connectivity index (χ1n) is 7.05. The zero-order valence-corrected chi connectivity index (χ0v) is 14.5. The summed E-state index contributed by atoms with van der Waals surface area (Å²) in [5.41, 5.74) is 0. The van der Waals surface area contributed by atoms with Gasteiger partial charge in [-0.3, -0.25) is 9.59 Å². The number of fused-ring (bicyclic) bond motifs is 1. The van der Waals surface area contributed by atoms with E-state index in [0.29, 0.717) is 0 Å². The number of carbonyl (C=O) groups is 2. The van der Waals surface area contributed by atoms with E-state index in [2.05, 4.69) is 0 Å². The third-order valence-electron chi connectivity index (χ3n) is 3.57. The van der Waals surface area contributed by atoms with Crippen molar-refractivity contribution in [2.24, 2.45) is 0 Å². The molecule has 1 aliphatic rings. The Bertz CT molecular complexity index is 914. The fourth-order valence-electron chi connectivity index (χ4n) is 2.42. The molecule has 0 bridgehead atoms. The lowest BCUT2D eigenvalue weighted by Crippen LogP contribution is -2.23. The minimum absolute atomic E-state index is 0.129. The average molecular weight is 361 g/mol. The van der Waals surface area contributed by atoms with E-state index in [-0.39, 0.29) is 21.5 Å². The average Bonchev–Trinajstić information content (AvgIpc) is 2.61. The smallest absolute Gasteiger partial charge is 0.244 e. The molecule has 0 radical (unpaired) electrons. The highest BCUT2D eigenvalue weighted by atomic mass is 35.5. The van der Waals surface area contributed by atoms with Crippen molar-refractivity contribution in [1.29, 1.82) is 0 Å². The van der Waals surface area contributed by atoms with Crippen molar-refractivity contribution in [2.75, 3.05) is 14.2 Å². The molecule has 0 atom stereocenters. The molecule has 0 saturated heterocycles. The number of rotatable bonds is 4. The van der Waals surface area contributed by atoms with E-state index in [1.165, 1.54) is 14.2 Å². The number of methoxy groups -OCH3 is 2. The van der Waals surface area contributed by atoms with Crippen LogP contribution in [0.4, 0.5) is 0 Å². The summed E-state index contributed by atoms with van der Waals surface area (Å²) in [4.78, 5) is 25.8. The van der Waals surface area contributed by atoms with Crippen molar-refractivity contribution in [3.8, 4) is 0 Å². The molecule has 0 N–H and O–H groups in total. The van der Waals surface area contributed by atoms with Gasteiger partial charge in [-0.05, 0) is 22.9 Å². The van der Waals surface area contributed by atoms with Crippen LogP contribution >= 0.6 is 23.4 Å². The van der Waals surface area contributed by atoms with Crippen molar-refractivity contribution in [1.82, 2.24) is 0 Å². The number of carbonyl (C=O) groups excluding carboxylic acids is 2. The van der Waals surface area contributed by atoms with Gasteiger partial charge in [0.1, 0.15) is 5.03 Å². The molecule has 1 aliphatic carbocycles. The van der Waals surface area contributed by atoms with Gasteiger partial charge in [-0.2, -0.15) is 0 Å². The molecule has 2 aromatic carbocycles. The monoisotopic (exact) mass is 360 g/mol. The number of halogens is 1. The number of hydrogen-bond donors (Lipinski definition) is 0. The molecular formula is C18H13ClO4S. The summed E-state index contributed by atoms with van der Waals surface area (Å²) in [6, 6.07) is 13.7. The van der Waals surface area contributed by atoms with Crippen LogP contribution in [0.1, 0.15) is 0 Å². The van der Waals surface area contributed by atoms with Crippen LogP contribution in [-0.2, 0) is 19.1 Å². The first-order chi connectivity index (χ1) is 11.6. The van der Waals surface area contributed by atoms with Gasteiger partial charge in [0.2, 0.25) is 23.1 Å². The van der Waals surface area contributed by atoms with Crippen LogP contribution in [0.25, 0.3) is 10.8 Å². The standard InChI is InChI=1S/C18H13ClO4S/c1-22-16-14(20)13(19)18(15(21)17(16)23-2)24-12-8-7-10-5-3-4-6-11(10)9-12/h3-9H,1-2H3. The Morgan fingerprint density at radius 1 is 0.875 bits per heavy atom. The Kier molecular flexibility index (Phi) is 4.64. The lowest BCUT2D eigenvalue weighted by molar-refractivity contribution is -0.120. The van der Waals surface area contributed by atoms with Crippen LogP contribution < -0.4 is 0 Å². The summed E-state index contributed by atoms with van der Waals surface area (Å²) in [5.74, 6) is -1.32. The summed E-state index contributed by atoms with van der Waals surface area (Å²) >= 11 is 7.25. The molecular weight excluding hydrogens is 348 g/mol. The minimum atomic E-state index is -0.557. The summed E-state index contributed by atoms with van der Waals surface area (Å²) in [6.45, 7) is 0. The fraction of sp³-hybridized carbons (Fsp3) is 0.111. The molecule has 0 saturated carbocycles. The van der Waals surface area contributed by atoms with E-state index in [1.807, 2.05) is 42.5 Å². The van der Waals surface area contributed by atoms with Gasteiger partial charge in [-0.15, -0.1) is 0 Å². The van der Waals surface area contributed by atoms with E-state index in [4.69, 9.17) is 21.1 Å². The van der Waals surface area contributed by atoms with Crippen LogP contribution in [0, 0.1) is 0 Å². The molecule has 6 heteroatoms. The van der Waals surface area contributed by atoms with Crippen molar-refractivity contribution >= 4 is 45.7 Å². The molecule has 0 fully saturated rings. The molecule has 0 heterocycles. The van der Waals surface area contributed by atoms with Gasteiger partial charge in [0.05, 0.1) is 19.1 Å². The SMILES string of the molecule is COC1=C(OC)C(=O)C(Sc2ccc3ccccc3c2)=C(Cl)C1=O. The van der Waals surface area contributed by atoms with E-state index in [9.17, 15) is 9.59 Å². The van der Waals surface area contributed by atoms with Crippen LogP contribution in [0.5, 0.6) is 0 Å². The van der Waals surface area contributed by atoms with Crippen LogP contribution in [-0.4, -0.2) is 25.8 Å². The van der Waals surface area contributed by atoms with Gasteiger partial charge >= 0.3 is 0 Å². The predicted octanol–water partition coefficient (Wildman–Crippen LogP) is 4.04. The summed E-state index contributed by atoms with van der Waals surface area (Å²) in [5, 5.41) is 1.97. The maximum atomic E-state index is 12.6. The van der Waals surface area contributed by atoms with Crippen LogP contribution in [0.2, 0.25) is 0 Å². The number of Topliss-reactive ketones (excluding diaryl/α,β-unsaturated/α-hetero) is 2. The van der Waals surface area contributed by atoms with Gasteiger partial charge in [0, 0.05) is 4.90 Å². The number of ketones is 2. The Labute approximate surface area is 148 Å². The van der Waals surface area contributed by atoms with Crippen LogP contribution in [0.15, 0.2) is 68.8 Å². The predicted molar refractivity (Wildman–Crippen MR) is 93.7 cm³/mol. The highest BCUT2D eigenvalue weighted by Gasteiger charge is 2.36. The van der Waals surface area contributed by atoms with E-state index >= 15 is 0 Å². The van der Waals surface area contributed by atoms with Gasteiger partial charge in [0.25, 0.3) is 0 Å². The third kappa shape index (κ3) is 2.81. The number of ether oxygens (including phenoxy) is 2. The lowest BCUT2D eigenvalue weighted by atomic mass is 10.1. The van der Waals surface area contributed by atoms with Crippen LogP contribution in [0.3, 0.4) is 0 Å². The Morgan fingerprint density at radius 2 is 1.50 bits per heavy atom. The molecule has 0 aliphatic heterocycles. The zero-order valence-electron chi connectivity index (χ0n) is 13.0. The number of benzene rings is 2. The second kappa shape index (κ2) is 6.71. The maximum Gasteiger partial charge on any atom is 0.244 e. The number of allylic oxidation sites excluding steroid dienone is 2. The minimum Gasteiger partial charge on any atom is -0.489 e. The molecule has 24 heavy (non-hydrogen) atoms. The zero-order chi connectivity index (χ0) is 17.3. The summed E-state index contributed by atoms with van der Waals surface area (Å²) in [6.07, 6.45) is 0. The fourth-order valence-corrected chi connectivity index (χ4v) is 3.64. The van der Waals surface area contributed by atoms with Gasteiger partial charge in [-0.1, -0.05) is 53.7 Å². The topological polar surface area (TPSA) is 52.6 Å².